The van der Waals surface area contributed by atoms with E-state index < -0.39 is 0 Å². The molecule has 0 spiro atoms. The van der Waals surface area contributed by atoms with Crippen molar-refractivity contribution >= 4 is 57.5 Å². The average molecular weight is 478 g/mol. The molecule has 3 aromatic heterocycles. The van der Waals surface area contributed by atoms with E-state index in [-0.39, 0.29) is 5.91 Å². The highest BCUT2D eigenvalue weighted by atomic mass is 35.5. The molecule has 5 rings (SSSR count). The molecule has 168 valence electrons. The number of fused-ring (bicyclic) bond motifs is 3. The SMILES string of the molecule is CCN1c2ncc(CCc3cccc4[nH]cc(SC)c34)cc2C(=O)N(C)c2ccc(Cl)nc21. The summed E-state index contributed by atoms with van der Waals surface area (Å²) in [7, 11) is 1.77. The Kier molecular flexibility index (Phi) is 5.76. The Hall–Kier alpha value is -3.03. The van der Waals surface area contributed by atoms with E-state index in [1.807, 2.05) is 30.2 Å². The molecule has 6 nitrogen and oxygen atoms in total. The third-order valence-electron chi connectivity index (χ3n) is 6.13. The zero-order valence-electron chi connectivity index (χ0n) is 18.7. The second-order valence-corrected chi connectivity index (χ2v) is 9.23. The van der Waals surface area contributed by atoms with Gasteiger partial charge in [0, 0.05) is 41.8 Å². The van der Waals surface area contributed by atoms with Crippen LogP contribution in [0.2, 0.25) is 5.15 Å². The van der Waals surface area contributed by atoms with Gasteiger partial charge in [-0.1, -0.05) is 23.7 Å². The molecule has 0 fully saturated rings. The van der Waals surface area contributed by atoms with Crippen LogP contribution in [0.1, 0.15) is 28.4 Å². The Morgan fingerprint density at radius 1 is 1.15 bits per heavy atom. The number of aromatic nitrogens is 3. The average Bonchev–Trinajstić information content (AvgIpc) is 3.24. The maximum atomic E-state index is 13.4. The number of amides is 1. The lowest BCUT2D eigenvalue weighted by Crippen LogP contribution is -2.25. The van der Waals surface area contributed by atoms with Crippen LogP contribution >= 0.6 is 23.4 Å². The van der Waals surface area contributed by atoms with Gasteiger partial charge in [0.2, 0.25) is 0 Å². The first-order chi connectivity index (χ1) is 16.0. The molecule has 4 heterocycles. The lowest BCUT2D eigenvalue weighted by molar-refractivity contribution is 0.0994. The number of rotatable bonds is 5. The van der Waals surface area contributed by atoms with Gasteiger partial charge in [-0.2, -0.15) is 0 Å². The molecule has 1 N–H and O–H groups in total. The van der Waals surface area contributed by atoms with Gasteiger partial charge in [0.1, 0.15) is 11.0 Å². The second-order valence-electron chi connectivity index (χ2n) is 8.00. The summed E-state index contributed by atoms with van der Waals surface area (Å²) in [6.07, 6.45) is 7.68. The summed E-state index contributed by atoms with van der Waals surface area (Å²) in [5.74, 6) is 1.16. The minimum atomic E-state index is -0.0990. The van der Waals surface area contributed by atoms with Gasteiger partial charge in [-0.3, -0.25) is 4.79 Å². The number of halogens is 1. The van der Waals surface area contributed by atoms with Gasteiger partial charge >= 0.3 is 0 Å². The molecule has 1 aliphatic rings. The number of hydrogen-bond acceptors (Lipinski definition) is 5. The lowest BCUT2D eigenvalue weighted by atomic mass is 10.0. The molecule has 1 aromatic carbocycles. The minimum Gasteiger partial charge on any atom is -0.360 e. The molecule has 0 atom stereocenters. The van der Waals surface area contributed by atoms with E-state index in [9.17, 15) is 4.79 Å². The lowest BCUT2D eigenvalue weighted by Gasteiger charge is -2.23. The standard InChI is InChI=1S/C25H24ClN5OS/c1-4-31-23-17(25(32)30(2)19-10-11-21(26)29-24(19)31)12-15(13-28-23)8-9-16-6-5-7-18-22(16)20(33-3)14-27-18/h5-7,10-14,27H,4,8-9H2,1-3H3. The monoisotopic (exact) mass is 477 g/mol. The molecule has 0 radical (unpaired) electrons. The largest absolute Gasteiger partial charge is 0.360 e. The Labute approximate surface area is 202 Å². The quantitative estimate of drug-likeness (QED) is 0.288. The van der Waals surface area contributed by atoms with Crippen molar-refractivity contribution < 1.29 is 4.79 Å². The van der Waals surface area contributed by atoms with Crippen molar-refractivity contribution in [3.8, 4) is 0 Å². The normalized spacial score (nSPS) is 13.3. The van der Waals surface area contributed by atoms with Gasteiger partial charge in [-0.05, 0) is 61.4 Å². The van der Waals surface area contributed by atoms with Crippen LogP contribution in [-0.4, -0.2) is 40.7 Å². The highest BCUT2D eigenvalue weighted by Crippen LogP contribution is 2.38. The van der Waals surface area contributed by atoms with Gasteiger partial charge in [-0.15, -0.1) is 11.8 Å². The van der Waals surface area contributed by atoms with Crippen LogP contribution in [0.4, 0.5) is 17.3 Å². The number of carbonyl (C=O) groups is 1. The topological polar surface area (TPSA) is 65.1 Å². The number of thioether (sulfide) groups is 1. The zero-order valence-corrected chi connectivity index (χ0v) is 20.3. The van der Waals surface area contributed by atoms with E-state index in [1.54, 1.807) is 29.8 Å². The number of pyridine rings is 2. The third-order valence-corrected chi connectivity index (χ3v) is 7.10. The number of benzene rings is 1. The maximum absolute atomic E-state index is 13.4. The number of nitrogens with zero attached hydrogens (tertiary/aromatic N) is 4. The molecular formula is C25H24ClN5OS. The van der Waals surface area contributed by atoms with Crippen molar-refractivity contribution in [1.82, 2.24) is 15.0 Å². The number of anilines is 3. The first-order valence-corrected chi connectivity index (χ1v) is 12.5. The molecule has 0 saturated heterocycles. The van der Waals surface area contributed by atoms with E-state index in [0.717, 1.165) is 29.6 Å². The van der Waals surface area contributed by atoms with Crippen LogP contribution in [0.5, 0.6) is 0 Å². The van der Waals surface area contributed by atoms with E-state index in [0.29, 0.717) is 28.9 Å². The van der Waals surface area contributed by atoms with Crippen molar-refractivity contribution in [2.75, 3.05) is 29.6 Å². The fourth-order valence-corrected chi connectivity index (χ4v) is 5.22. The number of aryl methyl sites for hydroxylation is 2. The molecular weight excluding hydrogens is 454 g/mol. The van der Waals surface area contributed by atoms with Gasteiger partial charge in [0.25, 0.3) is 5.91 Å². The number of aromatic amines is 1. The van der Waals surface area contributed by atoms with Gasteiger partial charge in [0.15, 0.2) is 5.82 Å². The van der Waals surface area contributed by atoms with Crippen LogP contribution in [0.25, 0.3) is 10.9 Å². The van der Waals surface area contributed by atoms with Crippen LogP contribution in [0.15, 0.2) is 53.7 Å². The molecule has 0 saturated carbocycles. The molecule has 1 aliphatic heterocycles. The first kappa shape index (κ1) is 21.8. The highest BCUT2D eigenvalue weighted by molar-refractivity contribution is 7.98. The molecule has 4 aromatic rings. The van der Waals surface area contributed by atoms with Gasteiger partial charge in [-0.25, -0.2) is 9.97 Å². The summed E-state index contributed by atoms with van der Waals surface area (Å²) in [6.45, 7) is 2.64. The maximum Gasteiger partial charge on any atom is 0.261 e. The smallest absolute Gasteiger partial charge is 0.261 e. The highest BCUT2D eigenvalue weighted by Gasteiger charge is 2.31. The van der Waals surface area contributed by atoms with E-state index in [1.165, 1.54) is 15.8 Å². The molecule has 1 amide bonds. The summed E-state index contributed by atoms with van der Waals surface area (Å²) in [5.41, 5.74) is 4.76. The van der Waals surface area contributed by atoms with Crippen molar-refractivity contribution in [3.63, 3.8) is 0 Å². The van der Waals surface area contributed by atoms with Gasteiger partial charge in [0.05, 0.1) is 11.3 Å². The summed E-state index contributed by atoms with van der Waals surface area (Å²) in [6, 6.07) is 11.9. The molecule has 33 heavy (non-hydrogen) atoms. The number of H-pyrrole nitrogens is 1. The third kappa shape index (κ3) is 3.75. The minimum absolute atomic E-state index is 0.0990. The van der Waals surface area contributed by atoms with Crippen LogP contribution < -0.4 is 9.80 Å². The Balaban J connectivity index is 1.50. The summed E-state index contributed by atoms with van der Waals surface area (Å²) < 4.78 is 0. The van der Waals surface area contributed by atoms with Crippen molar-refractivity contribution in [2.24, 2.45) is 0 Å². The summed E-state index contributed by atoms with van der Waals surface area (Å²) >= 11 is 7.92. The van der Waals surface area contributed by atoms with E-state index in [2.05, 4.69) is 40.6 Å². The predicted octanol–water partition coefficient (Wildman–Crippen LogP) is 5.87. The predicted molar refractivity (Wildman–Crippen MR) is 136 cm³/mol. The van der Waals surface area contributed by atoms with E-state index in [4.69, 9.17) is 16.6 Å². The fraction of sp³-hybridized carbons (Fsp3) is 0.240. The molecule has 8 heteroatoms. The van der Waals surface area contributed by atoms with E-state index >= 15 is 0 Å². The van der Waals surface area contributed by atoms with Crippen LogP contribution in [0.3, 0.4) is 0 Å². The Bertz CT molecular complexity index is 1370. The van der Waals surface area contributed by atoms with Crippen molar-refractivity contribution in [1.29, 1.82) is 0 Å². The van der Waals surface area contributed by atoms with Crippen molar-refractivity contribution in [2.45, 2.75) is 24.7 Å². The first-order valence-electron chi connectivity index (χ1n) is 10.9. The summed E-state index contributed by atoms with van der Waals surface area (Å²) in [4.78, 5) is 30.8. The number of carbonyl (C=O) groups excluding carboxylic acids is 1. The van der Waals surface area contributed by atoms with Crippen molar-refractivity contribution in [3.05, 3.63) is 70.6 Å². The molecule has 0 aliphatic carbocycles. The second kappa shape index (κ2) is 8.72. The molecule has 0 bridgehead atoms. The zero-order chi connectivity index (χ0) is 23.1. The number of nitrogens with one attached hydrogen (secondary N) is 1. The molecule has 0 unspecified atom stereocenters. The fourth-order valence-electron chi connectivity index (χ4n) is 4.45. The van der Waals surface area contributed by atoms with Crippen LogP contribution in [-0.2, 0) is 12.8 Å². The Morgan fingerprint density at radius 2 is 2.00 bits per heavy atom. The number of hydrogen-bond donors (Lipinski definition) is 1. The Morgan fingerprint density at radius 3 is 2.79 bits per heavy atom. The van der Waals surface area contributed by atoms with Crippen LogP contribution in [0, 0.1) is 0 Å². The summed E-state index contributed by atoms with van der Waals surface area (Å²) in [5, 5.41) is 1.66. The van der Waals surface area contributed by atoms with Gasteiger partial charge < -0.3 is 14.8 Å².